The van der Waals surface area contributed by atoms with Crippen LogP contribution in [-0.4, -0.2) is 27.9 Å². The third-order valence-corrected chi connectivity index (χ3v) is 4.92. The zero-order valence-electron chi connectivity index (χ0n) is 14.6. The third-order valence-electron chi connectivity index (χ3n) is 4.28. The van der Waals surface area contributed by atoms with Gasteiger partial charge in [0, 0.05) is 5.56 Å². The van der Waals surface area contributed by atoms with Crippen LogP contribution in [0.2, 0.25) is 0 Å². The lowest BCUT2D eigenvalue weighted by molar-refractivity contribution is 0.0934. The van der Waals surface area contributed by atoms with Gasteiger partial charge in [-0.3, -0.25) is 4.79 Å². The molecule has 130 valence electrons. The molecule has 4 nitrogen and oxygen atoms in total. The molecule has 1 amide bonds. The lowest BCUT2D eigenvalue weighted by atomic mass is 10.1. The standard InChI is InChI=1S/C20H23N3OS/c1-3-14-8-10-15(11-9-14)20(24)23-18(12-13-25-2)19-21-16-6-4-5-7-17(16)22-19/h4-11,18H,3,12-13H2,1-2H3,(H,21,22)(H,23,24)/t18-/m0/s1. The van der Waals surface area contributed by atoms with Crippen LogP contribution in [0.1, 0.15) is 41.1 Å². The first kappa shape index (κ1) is 17.5. The average molecular weight is 353 g/mol. The van der Waals surface area contributed by atoms with Crippen molar-refractivity contribution in [2.75, 3.05) is 12.0 Å². The largest absolute Gasteiger partial charge is 0.342 e. The fourth-order valence-corrected chi connectivity index (χ4v) is 3.26. The van der Waals surface area contributed by atoms with E-state index in [1.165, 1.54) is 5.56 Å². The van der Waals surface area contributed by atoms with Crippen LogP contribution in [0.15, 0.2) is 48.5 Å². The molecule has 2 aromatic carbocycles. The minimum absolute atomic E-state index is 0.0609. The molecule has 25 heavy (non-hydrogen) atoms. The first-order valence-electron chi connectivity index (χ1n) is 8.54. The molecule has 0 aliphatic heterocycles. The maximum Gasteiger partial charge on any atom is 0.251 e. The highest BCUT2D eigenvalue weighted by atomic mass is 32.2. The number of rotatable bonds is 7. The number of hydrogen-bond acceptors (Lipinski definition) is 3. The maximum absolute atomic E-state index is 12.6. The van der Waals surface area contributed by atoms with Gasteiger partial charge >= 0.3 is 0 Å². The lowest BCUT2D eigenvalue weighted by Gasteiger charge is -2.16. The number of nitrogens with zero attached hydrogens (tertiary/aromatic N) is 1. The van der Waals surface area contributed by atoms with Crippen LogP contribution in [0.3, 0.4) is 0 Å². The van der Waals surface area contributed by atoms with Gasteiger partial charge in [0.2, 0.25) is 0 Å². The molecule has 0 radical (unpaired) electrons. The van der Waals surface area contributed by atoms with Crippen molar-refractivity contribution >= 4 is 28.7 Å². The molecule has 0 unspecified atom stereocenters. The van der Waals surface area contributed by atoms with E-state index in [-0.39, 0.29) is 11.9 Å². The van der Waals surface area contributed by atoms with E-state index in [1.54, 1.807) is 11.8 Å². The summed E-state index contributed by atoms with van der Waals surface area (Å²) in [7, 11) is 0. The molecule has 0 saturated heterocycles. The van der Waals surface area contributed by atoms with Gasteiger partial charge in [0.25, 0.3) is 5.91 Å². The number of aromatic nitrogens is 2. The summed E-state index contributed by atoms with van der Waals surface area (Å²) in [5, 5.41) is 3.14. The number of hydrogen-bond donors (Lipinski definition) is 2. The molecular weight excluding hydrogens is 330 g/mol. The van der Waals surface area contributed by atoms with Gasteiger partial charge in [0.05, 0.1) is 17.1 Å². The van der Waals surface area contributed by atoms with Crippen LogP contribution in [-0.2, 0) is 6.42 Å². The lowest BCUT2D eigenvalue weighted by Crippen LogP contribution is -2.29. The molecule has 0 aliphatic rings. The van der Waals surface area contributed by atoms with E-state index in [0.29, 0.717) is 5.56 Å². The SMILES string of the molecule is CCc1ccc(C(=O)N[C@@H](CCSC)c2nc3ccccc3[nH]2)cc1. The number of nitrogens with one attached hydrogen (secondary N) is 2. The Balaban J connectivity index is 1.80. The molecule has 3 aromatic rings. The van der Waals surface area contributed by atoms with E-state index < -0.39 is 0 Å². The van der Waals surface area contributed by atoms with Crippen molar-refractivity contribution in [2.45, 2.75) is 25.8 Å². The molecule has 0 bridgehead atoms. The molecular formula is C20H23N3OS. The molecule has 0 fully saturated rings. The molecule has 1 aromatic heterocycles. The van der Waals surface area contributed by atoms with Gasteiger partial charge in [-0.1, -0.05) is 31.2 Å². The minimum Gasteiger partial charge on any atom is -0.342 e. The van der Waals surface area contributed by atoms with Crippen molar-refractivity contribution in [3.05, 3.63) is 65.5 Å². The number of amides is 1. The Bertz CT molecular complexity index is 809. The Labute approximate surface area is 152 Å². The molecule has 1 atom stereocenters. The van der Waals surface area contributed by atoms with E-state index in [9.17, 15) is 4.79 Å². The highest BCUT2D eigenvalue weighted by molar-refractivity contribution is 7.98. The van der Waals surface area contributed by atoms with Gasteiger partial charge < -0.3 is 10.3 Å². The predicted molar refractivity (Wildman–Crippen MR) is 105 cm³/mol. The molecule has 0 aliphatic carbocycles. The Kier molecular flexibility index (Phi) is 5.76. The van der Waals surface area contributed by atoms with Crippen LogP contribution in [0.4, 0.5) is 0 Å². The Morgan fingerprint density at radius 1 is 1.20 bits per heavy atom. The molecule has 0 spiro atoms. The summed E-state index contributed by atoms with van der Waals surface area (Å²) in [6, 6.07) is 15.6. The Hall–Kier alpha value is -2.27. The zero-order chi connectivity index (χ0) is 17.6. The van der Waals surface area contributed by atoms with Crippen molar-refractivity contribution in [2.24, 2.45) is 0 Å². The first-order chi connectivity index (χ1) is 12.2. The second-order valence-corrected chi connectivity index (χ2v) is 6.98. The zero-order valence-corrected chi connectivity index (χ0v) is 15.4. The smallest absolute Gasteiger partial charge is 0.251 e. The number of H-pyrrole nitrogens is 1. The topological polar surface area (TPSA) is 57.8 Å². The first-order valence-corrected chi connectivity index (χ1v) is 9.94. The van der Waals surface area contributed by atoms with Crippen molar-refractivity contribution in [1.82, 2.24) is 15.3 Å². The summed E-state index contributed by atoms with van der Waals surface area (Å²) >= 11 is 1.77. The van der Waals surface area contributed by atoms with Crippen molar-refractivity contribution < 1.29 is 4.79 Å². The Morgan fingerprint density at radius 3 is 2.64 bits per heavy atom. The van der Waals surface area contributed by atoms with E-state index in [2.05, 4.69) is 28.5 Å². The second-order valence-electron chi connectivity index (χ2n) is 6.00. The summed E-state index contributed by atoms with van der Waals surface area (Å²) < 4.78 is 0. The number of carbonyl (C=O) groups excluding carboxylic acids is 1. The molecule has 2 N–H and O–H groups in total. The number of imidazole rings is 1. The van der Waals surface area contributed by atoms with E-state index >= 15 is 0 Å². The van der Waals surface area contributed by atoms with Crippen LogP contribution >= 0.6 is 11.8 Å². The summed E-state index contributed by atoms with van der Waals surface area (Å²) in [4.78, 5) is 20.7. The highest BCUT2D eigenvalue weighted by Crippen LogP contribution is 2.20. The van der Waals surface area contributed by atoms with Gasteiger partial charge in [-0.2, -0.15) is 11.8 Å². The van der Waals surface area contributed by atoms with Crippen molar-refractivity contribution in [1.29, 1.82) is 0 Å². The van der Waals surface area contributed by atoms with Gasteiger partial charge in [-0.15, -0.1) is 0 Å². The molecule has 5 heteroatoms. The second kappa shape index (κ2) is 8.21. The van der Waals surface area contributed by atoms with Crippen molar-refractivity contribution in [3.8, 4) is 0 Å². The van der Waals surface area contributed by atoms with Crippen LogP contribution in [0.25, 0.3) is 11.0 Å². The number of fused-ring (bicyclic) bond motifs is 1. The van der Waals surface area contributed by atoms with Gasteiger partial charge in [-0.25, -0.2) is 4.98 Å². The van der Waals surface area contributed by atoms with Gasteiger partial charge in [-0.05, 0) is 54.7 Å². The number of benzene rings is 2. The number of aromatic amines is 1. The van der Waals surface area contributed by atoms with E-state index in [0.717, 1.165) is 35.5 Å². The quantitative estimate of drug-likeness (QED) is 0.664. The summed E-state index contributed by atoms with van der Waals surface area (Å²) in [6.45, 7) is 2.11. The van der Waals surface area contributed by atoms with Crippen molar-refractivity contribution in [3.63, 3.8) is 0 Å². The fourth-order valence-electron chi connectivity index (χ4n) is 2.78. The van der Waals surface area contributed by atoms with E-state index in [4.69, 9.17) is 0 Å². The van der Waals surface area contributed by atoms with Gasteiger partial charge in [0.1, 0.15) is 5.82 Å². The summed E-state index contributed by atoms with van der Waals surface area (Å²) in [6.07, 6.45) is 3.87. The maximum atomic E-state index is 12.6. The van der Waals surface area contributed by atoms with E-state index in [1.807, 2.05) is 48.5 Å². The number of thioether (sulfide) groups is 1. The van der Waals surface area contributed by atoms with Gasteiger partial charge in [0.15, 0.2) is 0 Å². The van der Waals surface area contributed by atoms with Crippen LogP contribution in [0, 0.1) is 0 Å². The minimum atomic E-state index is -0.127. The van der Waals surface area contributed by atoms with Crippen LogP contribution < -0.4 is 5.32 Å². The average Bonchev–Trinajstić information content (AvgIpc) is 3.09. The summed E-state index contributed by atoms with van der Waals surface area (Å²) in [5.41, 5.74) is 3.83. The third kappa shape index (κ3) is 4.23. The predicted octanol–water partition coefficient (Wildman–Crippen LogP) is 4.35. The fraction of sp³-hybridized carbons (Fsp3) is 0.300. The number of carbonyl (C=O) groups is 1. The molecule has 3 rings (SSSR count). The Morgan fingerprint density at radius 2 is 1.96 bits per heavy atom. The molecule has 0 saturated carbocycles. The molecule has 1 heterocycles. The van der Waals surface area contributed by atoms with Crippen LogP contribution in [0.5, 0.6) is 0 Å². The summed E-state index contributed by atoms with van der Waals surface area (Å²) in [5.74, 6) is 1.71. The monoisotopic (exact) mass is 353 g/mol. The normalized spacial score (nSPS) is 12.2. The highest BCUT2D eigenvalue weighted by Gasteiger charge is 2.19. The number of aryl methyl sites for hydroxylation is 1. The number of para-hydroxylation sites is 2.